The monoisotopic (exact) mass is 398 g/mol. The summed E-state index contributed by atoms with van der Waals surface area (Å²) < 4.78 is 0. The van der Waals surface area contributed by atoms with Gasteiger partial charge in [-0.1, -0.05) is 41.9 Å². The average Bonchev–Trinajstić information content (AvgIpc) is 3.24. The van der Waals surface area contributed by atoms with Crippen LogP contribution in [0.3, 0.4) is 0 Å². The Kier molecular flexibility index (Phi) is 5.62. The van der Waals surface area contributed by atoms with Gasteiger partial charge in [-0.3, -0.25) is 15.0 Å². The molecule has 2 heterocycles. The standard InChI is InChI=1S/C21H23ClN4O2/c22-17-8-6-16(7-9-17)20(27)25-10-12-26(13-11-25)21(28)18-14-23-24-19(18)15-4-2-1-3-5-15/h1-9,18-19,23-24H,10-14H2. The molecule has 28 heavy (non-hydrogen) atoms. The molecule has 2 saturated heterocycles. The fraction of sp³-hybridized carbons (Fsp3) is 0.333. The molecule has 0 aliphatic carbocycles. The van der Waals surface area contributed by atoms with Gasteiger partial charge in [-0.15, -0.1) is 0 Å². The number of hydrazine groups is 1. The quantitative estimate of drug-likeness (QED) is 0.831. The Morgan fingerprint density at radius 1 is 0.893 bits per heavy atom. The van der Waals surface area contributed by atoms with Gasteiger partial charge in [-0.25, -0.2) is 5.43 Å². The maximum atomic E-state index is 13.1. The molecule has 0 saturated carbocycles. The van der Waals surface area contributed by atoms with Gasteiger partial charge < -0.3 is 9.80 Å². The lowest BCUT2D eigenvalue weighted by atomic mass is 9.93. The van der Waals surface area contributed by atoms with E-state index in [0.29, 0.717) is 43.3 Å². The van der Waals surface area contributed by atoms with E-state index in [-0.39, 0.29) is 23.8 Å². The lowest BCUT2D eigenvalue weighted by Gasteiger charge is -2.36. The number of carbonyl (C=O) groups is 2. The normalized spacial score (nSPS) is 22.3. The van der Waals surface area contributed by atoms with E-state index in [0.717, 1.165) is 5.56 Å². The van der Waals surface area contributed by atoms with Crippen LogP contribution in [0.25, 0.3) is 0 Å². The molecule has 146 valence electrons. The first-order valence-electron chi connectivity index (χ1n) is 9.50. The van der Waals surface area contributed by atoms with Gasteiger partial charge in [-0.05, 0) is 29.8 Å². The summed E-state index contributed by atoms with van der Waals surface area (Å²) in [5, 5.41) is 0.610. The molecule has 2 aromatic carbocycles. The van der Waals surface area contributed by atoms with Crippen molar-refractivity contribution in [3.8, 4) is 0 Å². The number of piperazine rings is 1. The molecular formula is C21H23ClN4O2. The Hall–Kier alpha value is -2.41. The third-order valence-corrected chi connectivity index (χ3v) is 5.68. The van der Waals surface area contributed by atoms with E-state index in [2.05, 4.69) is 10.9 Å². The lowest BCUT2D eigenvalue weighted by Crippen LogP contribution is -2.52. The molecule has 2 aromatic rings. The highest BCUT2D eigenvalue weighted by atomic mass is 35.5. The second-order valence-electron chi connectivity index (χ2n) is 7.14. The van der Waals surface area contributed by atoms with E-state index in [4.69, 9.17) is 11.6 Å². The average molecular weight is 399 g/mol. The number of rotatable bonds is 3. The smallest absolute Gasteiger partial charge is 0.253 e. The molecule has 4 rings (SSSR count). The lowest BCUT2D eigenvalue weighted by molar-refractivity contribution is -0.137. The van der Waals surface area contributed by atoms with E-state index in [1.165, 1.54) is 0 Å². The molecule has 7 heteroatoms. The zero-order chi connectivity index (χ0) is 19.5. The summed E-state index contributed by atoms with van der Waals surface area (Å²) in [7, 11) is 0. The topological polar surface area (TPSA) is 64.7 Å². The van der Waals surface area contributed by atoms with Gasteiger partial charge in [-0.2, -0.15) is 0 Å². The summed E-state index contributed by atoms with van der Waals surface area (Å²) in [6.07, 6.45) is 0. The highest BCUT2D eigenvalue weighted by Crippen LogP contribution is 2.27. The number of nitrogens with one attached hydrogen (secondary N) is 2. The number of halogens is 1. The zero-order valence-corrected chi connectivity index (χ0v) is 16.2. The number of nitrogens with zero attached hydrogens (tertiary/aromatic N) is 2. The molecule has 0 spiro atoms. The molecule has 2 N–H and O–H groups in total. The predicted octanol–water partition coefficient (Wildman–Crippen LogP) is 2.09. The first kappa shape index (κ1) is 18.9. The van der Waals surface area contributed by atoms with Crippen LogP contribution in [0.2, 0.25) is 5.02 Å². The van der Waals surface area contributed by atoms with Crippen molar-refractivity contribution < 1.29 is 9.59 Å². The maximum Gasteiger partial charge on any atom is 0.253 e. The van der Waals surface area contributed by atoms with Crippen LogP contribution in [0.5, 0.6) is 0 Å². The Labute approximate surface area is 169 Å². The number of benzene rings is 2. The van der Waals surface area contributed by atoms with Crippen molar-refractivity contribution >= 4 is 23.4 Å². The van der Waals surface area contributed by atoms with Gasteiger partial charge in [0.25, 0.3) is 5.91 Å². The summed E-state index contributed by atoms with van der Waals surface area (Å²) in [4.78, 5) is 29.4. The van der Waals surface area contributed by atoms with Gasteiger partial charge in [0.15, 0.2) is 0 Å². The van der Waals surface area contributed by atoms with Crippen LogP contribution >= 0.6 is 11.6 Å². The Morgan fingerprint density at radius 3 is 2.21 bits per heavy atom. The van der Waals surface area contributed by atoms with Crippen molar-refractivity contribution in [1.82, 2.24) is 20.7 Å². The van der Waals surface area contributed by atoms with E-state index in [9.17, 15) is 9.59 Å². The molecule has 2 amide bonds. The number of hydrogen-bond acceptors (Lipinski definition) is 4. The summed E-state index contributed by atoms with van der Waals surface area (Å²) in [6.45, 7) is 2.78. The predicted molar refractivity (Wildman–Crippen MR) is 108 cm³/mol. The van der Waals surface area contributed by atoms with Crippen molar-refractivity contribution in [3.63, 3.8) is 0 Å². The molecule has 0 radical (unpaired) electrons. The molecule has 0 aromatic heterocycles. The second-order valence-corrected chi connectivity index (χ2v) is 7.58. The highest BCUT2D eigenvalue weighted by molar-refractivity contribution is 6.30. The van der Waals surface area contributed by atoms with Crippen molar-refractivity contribution in [2.45, 2.75) is 6.04 Å². The van der Waals surface area contributed by atoms with Crippen molar-refractivity contribution in [2.24, 2.45) is 5.92 Å². The van der Waals surface area contributed by atoms with E-state index in [1.54, 1.807) is 29.2 Å². The van der Waals surface area contributed by atoms with Crippen LogP contribution < -0.4 is 10.9 Å². The molecule has 2 aliphatic rings. The number of amides is 2. The largest absolute Gasteiger partial charge is 0.339 e. The number of carbonyl (C=O) groups excluding carboxylic acids is 2. The van der Waals surface area contributed by atoms with Crippen LogP contribution in [-0.4, -0.2) is 54.3 Å². The van der Waals surface area contributed by atoms with Gasteiger partial charge in [0.1, 0.15) is 0 Å². The van der Waals surface area contributed by atoms with E-state index in [1.807, 2.05) is 35.2 Å². The first-order valence-corrected chi connectivity index (χ1v) is 9.88. The zero-order valence-electron chi connectivity index (χ0n) is 15.5. The Balaban J connectivity index is 1.37. The summed E-state index contributed by atoms with van der Waals surface area (Å²) in [6, 6.07) is 16.9. The third kappa shape index (κ3) is 3.90. The minimum Gasteiger partial charge on any atom is -0.339 e. The van der Waals surface area contributed by atoms with E-state index >= 15 is 0 Å². The van der Waals surface area contributed by atoms with Gasteiger partial charge in [0.05, 0.1) is 12.0 Å². The van der Waals surface area contributed by atoms with Crippen LogP contribution in [0.4, 0.5) is 0 Å². The van der Waals surface area contributed by atoms with Gasteiger partial charge >= 0.3 is 0 Å². The van der Waals surface area contributed by atoms with Crippen LogP contribution in [-0.2, 0) is 4.79 Å². The molecule has 2 atom stereocenters. The van der Waals surface area contributed by atoms with Crippen LogP contribution in [0.1, 0.15) is 22.0 Å². The van der Waals surface area contributed by atoms with Crippen LogP contribution in [0.15, 0.2) is 54.6 Å². The van der Waals surface area contributed by atoms with Crippen molar-refractivity contribution in [1.29, 1.82) is 0 Å². The molecule has 2 unspecified atom stereocenters. The highest BCUT2D eigenvalue weighted by Gasteiger charge is 2.37. The molecule has 2 fully saturated rings. The second kappa shape index (κ2) is 8.31. The van der Waals surface area contributed by atoms with Crippen molar-refractivity contribution in [3.05, 3.63) is 70.7 Å². The minimum atomic E-state index is -0.152. The molecule has 6 nitrogen and oxygen atoms in total. The Morgan fingerprint density at radius 2 is 1.54 bits per heavy atom. The van der Waals surface area contributed by atoms with E-state index < -0.39 is 0 Å². The SMILES string of the molecule is O=C(c1ccc(Cl)cc1)N1CCN(C(=O)C2CNNC2c2ccccc2)CC1. The van der Waals surface area contributed by atoms with Gasteiger partial charge in [0, 0.05) is 43.3 Å². The summed E-state index contributed by atoms with van der Waals surface area (Å²) in [5.41, 5.74) is 8.07. The maximum absolute atomic E-state index is 13.1. The molecule has 2 aliphatic heterocycles. The third-order valence-electron chi connectivity index (χ3n) is 5.43. The van der Waals surface area contributed by atoms with Crippen LogP contribution in [0, 0.1) is 5.92 Å². The first-order chi connectivity index (χ1) is 13.6. The van der Waals surface area contributed by atoms with Crippen molar-refractivity contribution in [2.75, 3.05) is 32.7 Å². The number of hydrogen-bond donors (Lipinski definition) is 2. The van der Waals surface area contributed by atoms with Gasteiger partial charge in [0.2, 0.25) is 5.91 Å². The minimum absolute atomic E-state index is 0.0184. The Bertz CT molecular complexity index is 835. The fourth-order valence-electron chi connectivity index (χ4n) is 3.84. The summed E-state index contributed by atoms with van der Waals surface area (Å²) >= 11 is 5.90. The summed E-state index contributed by atoms with van der Waals surface area (Å²) in [5.74, 6) is -0.0408. The fourth-order valence-corrected chi connectivity index (χ4v) is 3.97. The molecule has 0 bridgehead atoms. The molecular weight excluding hydrogens is 376 g/mol.